The summed E-state index contributed by atoms with van der Waals surface area (Å²) in [5.74, 6) is -2.09. The minimum absolute atomic E-state index is 0.0296. The maximum Gasteiger partial charge on any atom is 0.430 e. The predicted molar refractivity (Wildman–Crippen MR) is 113 cm³/mol. The van der Waals surface area contributed by atoms with E-state index >= 15 is 0 Å². The van der Waals surface area contributed by atoms with Gasteiger partial charge in [0.25, 0.3) is 5.60 Å². The highest BCUT2D eigenvalue weighted by molar-refractivity contribution is 5.61. The number of fused-ring (bicyclic) bond motifs is 1. The first-order chi connectivity index (χ1) is 17.0. The van der Waals surface area contributed by atoms with Gasteiger partial charge in [-0.3, -0.25) is 0 Å². The summed E-state index contributed by atoms with van der Waals surface area (Å²) in [6.07, 6.45) is -17.4. The molecule has 0 amide bonds. The lowest BCUT2D eigenvalue weighted by Crippen LogP contribution is -2.54. The van der Waals surface area contributed by atoms with E-state index in [1.807, 2.05) is 0 Å². The minimum atomic E-state index is -6.11. The Hall–Kier alpha value is -3.28. The smallest absolute Gasteiger partial charge is 0.378 e. The lowest BCUT2D eigenvalue weighted by atomic mass is 9.77. The van der Waals surface area contributed by atoms with Crippen LogP contribution >= 0.6 is 0 Å². The molecule has 3 aromatic carbocycles. The van der Waals surface area contributed by atoms with Gasteiger partial charge in [-0.05, 0) is 47.4 Å². The number of aliphatic hydroxyl groups is 1. The monoisotopic (exact) mass is 537 g/mol. The van der Waals surface area contributed by atoms with Gasteiger partial charge in [0, 0.05) is 17.2 Å². The van der Waals surface area contributed by atoms with Crippen molar-refractivity contribution in [1.29, 1.82) is 0 Å². The fourth-order valence-electron chi connectivity index (χ4n) is 4.59. The van der Waals surface area contributed by atoms with Crippen molar-refractivity contribution >= 4 is 5.69 Å². The molecule has 2 atom stereocenters. The zero-order valence-electron chi connectivity index (χ0n) is 18.4. The van der Waals surface area contributed by atoms with Crippen LogP contribution in [0.15, 0.2) is 66.7 Å². The summed E-state index contributed by atoms with van der Waals surface area (Å²) in [4.78, 5) is 0. The number of anilines is 1. The lowest BCUT2D eigenvalue weighted by molar-refractivity contribution is -0.376. The molecule has 2 N–H and O–H groups in total. The molecular weight excluding hydrogens is 520 g/mol. The second-order valence-electron chi connectivity index (χ2n) is 8.63. The summed E-state index contributed by atoms with van der Waals surface area (Å²) in [6.45, 7) is 0. The zero-order chi connectivity index (χ0) is 27.4. The summed E-state index contributed by atoms with van der Waals surface area (Å²) in [5, 5.41) is 12.6. The second-order valence-corrected chi connectivity index (χ2v) is 8.63. The van der Waals surface area contributed by atoms with Crippen LogP contribution in [0.5, 0.6) is 0 Å². The summed E-state index contributed by atoms with van der Waals surface area (Å²) in [5.41, 5.74) is -7.96. The standard InChI is InChI=1S/C25H17F10NO/c26-15-7-8-16(19(11-15)23(27,28)29)21-12-17(13-4-2-1-3-5-13)18-10-14(6-9-20(18)36-21)22(37,24(30,31)32)25(33,34)35/h1-11,17,21,36-37H,12H2. The van der Waals surface area contributed by atoms with Crippen LogP contribution in [0.2, 0.25) is 0 Å². The molecule has 0 saturated carbocycles. The summed E-state index contributed by atoms with van der Waals surface area (Å²) < 4.78 is 136. The molecule has 0 aliphatic carbocycles. The Morgan fingerprint density at radius 1 is 0.730 bits per heavy atom. The SMILES string of the molecule is OC(c1ccc2c(c1)C(c1ccccc1)CC(c1ccc(F)cc1C(F)(F)F)N2)(C(F)(F)F)C(F)(F)F. The van der Waals surface area contributed by atoms with Gasteiger partial charge < -0.3 is 10.4 Å². The molecule has 1 aliphatic rings. The summed E-state index contributed by atoms with van der Waals surface area (Å²) in [7, 11) is 0. The van der Waals surface area contributed by atoms with E-state index in [1.54, 1.807) is 18.2 Å². The maximum absolute atomic E-state index is 13.7. The number of benzene rings is 3. The normalized spacial score (nSPS) is 18.8. The highest BCUT2D eigenvalue weighted by Crippen LogP contribution is 2.53. The topological polar surface area (TPSA) is 32.3 Å². The van der Waals surface area contributed by atoms with Crippen molar-refractivity contribution in [3.8, 4) is 0 Å². The Bertz CT molecular complexity index is 1270. The van der Waals surface area contributed by atoms with Crippen LogP contribution in [-0.2, 0) is 11.8 Å². The van der Waals surface area contributed by atoms with Gasteiger partial charge in [-0.25, -0.2) is 4.39 Å². The molecule has 0 radical (unpaired) electrons. The van der Waals surface area contributed by atoms with Crippen molar-refractivity contribution in [2.75, 3.05) is 5.32 Å². The van der Waals surface area contributed by atoms with Gasteiger partial charge in [-0.15, -0.1) is 0 Å². The van der Waals surface area contributed by atoms with E-state index in [0.29, 0.717) is 23.8 Å². The number of hydrogen-bond donors (Lipinski definition) is 2. The first-order valence-corrected chi connectivity index (χ1v) is 10.7. The van der Waals surface area contributed by atoms with Crippen LogP contribution in [0.1, 0.15) is 46.2 Å². The average molecular weight is 537 g/mol. The van der Waals surface area contributed by atoms with Crippen LogP contribution in [0.4, 0.5) is 49.6 Å². The van der Waals surface area contributed by atoms with E-state index in [4.69, 9.17) is 0 Å². The molecule has 0 fully saturated rings. The van der Waals surface area contributed by atoms with Crippen molar-refractivity contribution in [3.05, 3.63) is 100 Å². The molecule has 0 bridgehead atoms. The number of rotatable bonds is 3. The van der Waals surface area contributed by atoms with E-state index < -0.39 is 53.0 Å². The molecule has 198 valence electrons. The van der Waals surface area contributed by atoms with E-state index in [-0.39, 0.29) is 23.2 Å². The third kappa shape index (κ3) is 4.74. The van der Waals surface area contributed by atoms with Crippen LogP contribution in [-0.4, -0.2) is 17.5 Å². The molecule has 37 heavy (non-hydrogen) atoms. The van der Waals surface area contributed by atoms with Crippen LogP contribution in [0, 0.1) is 5.82 Å². The van der Waals surface area contributed by atoms with E-state index in [9.17, 15) is 49.0 Å². The number of alkyl halides is 9. The van der Waals surface area contributed by atoms with Gasteiger partial charge in [0.2, 0.25) is 0 Å². The second kappa shape index (κ2) is 8.93. The molecule has 1 aliphatic heterocycles. The number of hydrogen-bond acceptors (Lipinski definition) is 2. The maximum atomic E-state index is 13.7. The van der Waals surface area contributed by atoms with Crippen molar-refractivity contribution in [2.24, 2.45) is 0 Å². The van der Waals surface area contributed by atoms with Gasteiger partial charge in [-0.1, -0.05) is 42.5 Å². The number of nitrogens with one attached hydrogen (secondary N) is 1. The van der Waals surface area contributed by atoms with Crippen LogP contribution in [0.3, 0.4) is 0 Å². The Morgan fingerprint density at radius 2 is 1.35 bits per heavy atom. The van der Waals surface area contributed by atoms with Gasteiger partial charge in [0.15, 0.2) is 0 Å². The largest absolute Gasteiger partial charge is 0.430 e. The molecule has 2 unspecified atom stereocenters. The number of halogens is 10. The lowest BCUT2D eigenvalue weighted by Gasteiger charge is -2.37. The van der Waals surface area contributed by atoms with Crippen LogP contribution < -0.4 is 5.32 Å². The first-order valence-electron chi connectivity index (χ1n) is 10.7. The van der Waals surface area contributed by atoms with E-state index in [1.165, 1.54) is 12.1 Å². The molecule has 0 aromatic heterocycles. The molecule has 1 heterocycles. The average Bonchev–Trinajstić information content (AvgIpc) is 2.81. The Balaban J connectivity index is 1.89. The van der Waals surface area contributed by atoms with Gasteiger partial charge in [0.1, 0.15) is 5.82 Å². The van der Waals surface area contributed by atoms with Crippen LogP contribution in [0.25, 0.3) is 0 Å². The highest BCUT2D eigenvalue weighted by Gasteiger charge is 2.71. The Kier molecular flexibility index (Phi) is 6.46. The zero-order valence-corrected chi connectivity index (χ0v) is 18.4. The Morgan fingerprint density at radius 3 is 1.92 bits per heavy atom. The molecule has 12 heteroatoms. The van der Waals surface area contributed by atoms with Crippen molar-refractivity contribution in [3.63, 3.8) is 0 Å². The van der Waals surface area contributed by atoms with Crippen molar-refractivity contribution in [1.82, 2.24) is 0 Å². The molecule has 2 nitrogen and oxygen atoms in total. The van der Waals surface area contributed by atoms with E-state index in [2.05, 4.69) is 5.32 Å². The quantitative estimate of drug-likeness (QED) is 0.334. The highest BCUT2D eigenvalue weighted by atomic mass is 19.4. The fourth-order valence-corrected chi connectivity index (χ4v) is 4.59. The third-order valence-corrected chi connectivity index (χ3v) is 6.36. The summed E-state index contributed by atoms with van der Waals surface area (Å²) in [6, 6.07) is 10.6. The molecule has 0 saturated heterocycles. The Labute approximate surface area is 203 Å². The fraction of sp³-hybridized carbons (Fsp3) is 0.280. The molecular formula is C25H17F10NO. The molecule has 3 aromatic rings. The van der Waals surface area contributed by atoms with Gasteiger partial charge in [0.05, 0.1) is 11.6 Å². The van der Waals surface area contributed by atoms with Gasteiger partial charge in [-0.2, -0.15) is 39.5 Å². The van der Waals surface area contributed by atoms with Crippen molar-refractivity contribution < 1.29 is 49.0 Å². The summed E-state index contributed by atoms with van der Waals surface area (Å²) >= 11 is 0. The molecule has 4 rings (SSSR count). The predicted octanol–water partition coefficient (Wildman–Crippen LogP) is 7.85. The van der Waals surface area contributed by atoms with Crippen molar-refractivity contribution in [2.45, 2.75) is 42.5 Å². The van der Waals surface area contributed by atoms with Gasteiger partial charge >= 0.3 is 18.5 Å². The molecule has 0 spiro atoms. The third-order valence-electron chi connectivity index (χ3n) is 6.36. The minimum Gasteiger partial charge on any atom is -0.378 e. The first kappa shape index (κ1) is 26.8. The van der Waals surface area contributed by atoms with E-state index in [0.717, 1.165) is 18.2 Å².